The van der Waals surface area contributed by atoms with Crippen LogP contribution in [0.3, 0.4) is 0 Å². The Morgan fingerprint density at radius 2 is 2.10 bits per heavy atom. The number of aromatic nitrogens is 1. The van der Waals surface area contributed by atoms with Crippen LogP contribution in [0.2, 0.25) is 0 Å². The highest BCUT2D eigenvalue weighted by molar-refractivity contribution is 7.87. The van der Waals surface area contributed by atoms with Gasteiger partial charge in [0.1, 0.15) is 11.7 Å². The molecule has 21 heavy (non-hydrogen) atoms. The predicted molar refractivity (Wildman–Crippen MR) is 70.5 cm³/mol. The molecule has 114 valence electrons. The molecule has 1 saturated heterocycles. The number of fused-ring (bicyclic) bond motifs is 3. The third-order valence-corrected chi connectivity index (χ3v) is 4.83. The minimum absolute atomic E-state index is 0.217. The molecule has 0 aliphatic carbocycles. The Bertz CT molecular complexity index is 753. The van der Waals surface area contributed by atoms with Crippen molar-refractivity contribution in [2.75, 3.05) is 6.54 Å². The summed E-state index contributed by atoms with van der Waals surface area (Å²) in [6.45, 7) is 0.482. The average molecular weight is 314 g/mol. The summed E-state index contributed by atoms with van der Waals surface area (Å²) in [7, 11) is -4.29. The van der Waals surface area contributed by atoms with Crippen molar-refractivity contribution in [2.24, 2.45) is 10.9 Å². The number of carbonyl (C=O) groups is 2. The van der Waals surface area contributed by atoms with Gasteiger partial charge in [-0.2, -0.15) is 8.42 Å². The fourth-order valence-corrected chi connectivity index (χ4v) is 3.86. The van der Waals surface area contributed by atoms with Crippen LogP contribution in [-0.2, 0) is 15.0 Å². The summed E-state index contributed by atoms with van der Waals surface area (Å²) in [5.41, 5.74) is 5.90. The average Bonchev–Trinajstić information content (AvgIpc) is 2.98. The first-order valence-electron chi connectivity index (χ1n) is 6.31. The Balaban J connectivity index is 2.34. The summed E-state index contributed by atoms with van der Waals surface area (Å²) in [5, 5.41) is 14.4. The van der Waals surface area contributed by atoms with Gasteiger partial charge in [-0.3, -0.25) is 4.79 Å². The van der Waals surface area contributed by atoms with Crippen molar-refractivity contribution in [3.05, 3.63) is 23.0 Å². The van der Waals surface area contributed by atoms with Gasteiger partial charge in [0, 0.05) is 23.9 Å². The molecule has 2 aliphatic heterocycles. The van der Waals surface area contributed by atoms with Crippen LogP contribution in [0.4, 0.5) is 0 Å². The quantitative estimate of drug-likeness (QED) is 0.632. The van der Waals surface area contributed by atoms with E-state index in [2.05, 4.69) is 0 Å². The third kappa shape index (κ3) is 1.87. The van der Waals surface area contributed by atoms with Crippen LogP contribution in [0.15, 0.2) is 6.20 Å². The summed E-state index contributed by atoms with van der Waals surface area (Å²) < 4.78 is 23.7. The monoisotopic (exact) mass is 314 g/mol. The number of carboxylic acid groups (broad SMARTS) is 1. The highest BCUT2D eigenvalue weighted by atomic mass is 32.2. The van der Waals surface area contributed by atoms with Crippen LogP contribution in [0.25, 0.3) is 0 Å². The summed E-state index contributed by atoms with van der Waals surface area (Å²) in [6.07, 6.45) is 2.33. The van der Waals surface area contributed by atoms with Crippen LogP contribution >= 0.6 is 0 Å². The van der Waals surface area contributed by atoms with Crippen LogP contribution < -0.4 is 10.9 Å². The molecule has 0 bridgehead atoms. The summed E-state index contributed by atoms with van der Waals surface area (Å²) >= 11 is 0. The minimum Gasteiger partial charge on any atom is -0.477 e. The lowest BCUT2D eigenvalue weighted by Gasteiger charge is -2.33. The van der Waals surface area contributed by atoms with E-state index in [1.54, 1.807) is 0 Å². The molecule has 0 aromatic carbocycles. The lowest BCUT2D eigenvalue weighted by atomic mass is 9.91. The molecule has 2 aliphatic rings. The summed E-state index contributed by atoms with van der Waals surface area (Å²) in [6, 6.07) is -1.53. The summed E-state index contributed by atoms with van der Waals surface area (Å²) in [5.74, 6) is -1.74. The van der Waals surface area contributed by atoms with E-state index in [0.29, 0.717) is 23.4 Å². The molecule has 1 aromatic rings. The normalized spacial score (nSPS) is 24.9. The van der Waals surface area contributed by atoms with E-state index in [0.717, 1.165) is 6.20 Å². The smallest absolute Gasteiger partial charge is 0.353 e. The molecule has 2 unspecified atom stereocenters. The number of hydrogen-bond acceptors (Lipinski definition) is 5. The van der Waals surface area contributed by atoms with Gasteiger partial charge in [-0.05, 0) is 12.8 Å². The maximum atomic E-state index is 12.2. The largest absolute Gasteiger partial charge is 0.477 e. The fourth-order valence-electron chi connectivity index (χ4n) is 3.17. The molecule has 0 saturated carbocycles. The van der Waals surface area contributed by atoms with Gasteiger partial charge in [0.15, 0.2) is 0 Å². The van der Waals surface area contributed by atoms with Crippen molar-refractivity contribution < 1.29 is 23.1 Å². The molecular weight excluding hydrogens is 300 g/mol. The van der Waals surface area contributed by atoms with Gasteiger partial charge in [0.25, 0.3) is 0 Å². The maximum Gasteiger partial charge on any atom is 0.353 e. The van der Waals surface area contributed by atoms with Crippen LogP contribution in [0.1, 0.15) is 46.5 Å². The lowest BCUT2D eigenvalue weighted by molar-refractivity contribution is -0.134. The first-order valence-corrected chi connectivity index (χ1v) is 7.81. The number of rotatable bonds is 2. The molecule has 3 heterocycles. The van der Waals surface area contributed by atoms with Gasteiger partial charge < -0.3 is 15.7 Å². The number of carboxylic acids is 1. The Morgan fingerprint density at radius 3 is 2.67 bits per heavy atom. The third-order valence-electron chi connectivity index (χ3n) is 3.99. The Morgan fingerprint density at radius 1 is 1.43 bits per heavy atom. The number of aromatic carboxylic acids is 1. The van der Waals surface area contributed by atoms with E-state index in [9.17, 15) is 23.1 Å². The second kappa shape index (κ2) is 4.29. The van der Waals surface area contributed by atoms with E-state index in [1.165, 1.54) is 4.90 Å². The lowest BCUT2D eigenvalue weighted by Crippen LogP contribution is -2.42. The molecule has 3 rings (SSSR count). The van der Waals surface area contributed by atoms with Gasteiger partial charge in [0.05, 0.1) is 6.04 Å². The molecule has 9 nitrogen and oxygen atoms in total. The Labute approximate surface area is 120 Å². The van der Waals surface area contributed by atoms with Crippen LogP contribution in [0.5, 0.6) is 0 Å². The Hall–Kier alpha value is -1.91. The molecule has 1 aromatic heterocycles. The highest BCUT2D eigenvalue weighted by Gasteiger charge is 2.45. The van der Waals surface area contributed by atoms with Crippen molar-refractivity contribution in [1.29, 1.82) is 0 Å². The second-order valence-corrected chi connectivity index (χ2v) is 6.58. The molecule has 5 N–H and O–H groups in total. The number of carbonyl (C=O) groups excluding carboxylic acids is 1. The zero-order chi connectivity index (χ0) is 15.5. The van der Waals surface area contributed by atoms with Crippen LogP contribution in [0, 0.1) is 0 Å². The maximum absolute atomic E-state index is 12.2. The Kier molecular flexibility index (Phi) is 2.87. The zero-order valence-electron chi connectivity index (χ0n) is 10.9. The summed E-state index contributed by atoms with van der Waals surface area (Å²) in [4.78, 5) is 25.2. The van der Waals surface area contributed by atoms with Crippen molar-refractivity contribution in [3.8, 4) is 0 Å². The van der Waals surface area contributed by atoms with E-state index < -0.39 is 34.0 Å². The SMILES string of the molecule is NC1C(=O)N2CCCC2c2c1cn(S(N)(=O)=O)c2C(=O)O. The molecular formula is C11H14N4O5S. The topological polar surface area (TPSA) is 149 Å². The van der Waals surface area contributed by atoms with E-state index in [4.69, 9.17) is 10.9 Å². The number of amides is 1. The minimum atomic E-state index is -4.29. The number of hydrogen-bond donors (Lipinski definition) is 3. The van der Waals surface area contributed by atoms with E-state index >= 15 is 0 Å². The van der Waals surface area contributed by atoms with Gasteiger partial charge in [-0.25, -0.2) is 13.9 Å². The van der Waals surface area contributed by atoms with Gasteiger partial charge in [0.2, 0.25) is 5.91 Å². The molecule has 1 fully saturated rings. The van der Waals surface area contributed by atoms with E-state index in [1.807, 2.05) is 0 Å². The van der Waals surface area contributed by atoms with E-state index in [-0.39, 0.29) is 17.0 Å². The molecule has 0 radical (unpaired) electrons. The highest BCUT2D eigenvalue weighted by Crippen LogP contribution is 2.43. The zero-order valence-corrected chi connectivity index (χ0v) is 11.7. The van der Waals surface area contributed by atoms with Crippen molar-refractivity contribution in [1.82, 2.24) is 8.87 Å². The van der Waals surface area contributed by atoms with Gasteiger partial charge >= 0.3 is 16.2 Å². The van der Waals surface area contributed by atoms with Crippen LogP contribution in [-0.4, -0.2) is 40.8 Å². The fraction of sp³-hybridized carbons (Fsp3) is 0.455. The van der Waals surface area contributed by atoms with Gasteiger partial charge in [-0.1, -0.05) is 0 Å². The molecule has 10 heteroatoms. The predicted octanol–water partition coefficient (Wildman–Crippen LogP) is -1.09. The van der Waals surface area contributed by atoms with Crippen molar-refractivity contribution in [3.63, 3.8) is 0 Å². The second-order valence-electron chi connectivity index (χ2n) is 5.16. The molecule has 1 amide bonds. The van der Waals surface area contributed by atoms with Crippen molar-refractivity contribution >= 4 is 22.1 Å². The standard InChI is InChI=1S/C11H14N4O5S/c12-8-5-4-15(21(13,19)20)9(11(17)18)7(5)6-2-1-3-14(6)10(8)16/h4,6,8H,1-3,12H2,(H,17,18)(H2,13,19,20). The van der Waals surface area contributed by atoms with Crippen molar-refractivity contribution in [2.45, 2.75) is 24.9 Å². The number of nitrogens with zero attached hydrogens (tertiary/aromatic N) is 2. The molecule has 0 spiro atoms. The number of nitrogens with two attached hydrogens (primary N) is 2. The first kappa shape index (κ1) is 14.0. The molecule has 2 atom stereocenters. The van der Waals surface area contributed by atoms with Gasteiger partial charge in [-0.15, -0.1) is 0 Å². The first-order chi connectivity index (χ1) is 9.73.